The topological polar surface area (TPSA) is 180 Å². The molecule has 0 saturated carbocycles. The van der Waals surface area contributed by atoms with E-state index in [0.29, 0.717) is 11.3 Å². The number of sulfone groups is 1. The lowest BCUT2D eigenvalue weighted by Crippen LogP contribution is -2.45. The van der Waals surface area contributed by atoms with Crippen molar-refractivity contribution < 1.29 is 36.3 Å². The smallest absolute Gasteiger partial charge is 0.416 e. The van der Waals surface area contributed by atoms with Gasteiger partial charge in [0.25, 0.3) is 0 Å². The van der Waals surface area contributed by atoms with Gasteiger partial charge in [0, 0.05) is 13.1 Å². The Hall–Kier alpha value is -3.36. The average molecular weight is 578 g/mol. The van der Waals surface area contributed by atoms with Gasteiger partial charge < -0.3 is 21.9 Å². The number of hydrogen-bond acceptors (Lipinski definition) is 7. The highest BCUT2D eigenvalue weighted by Crippen LogP contribution is 2.32. The maximum Gasteiger partial charge on any atom is 0.416 e. The molecule has 0 saturated heterocycles. The zero-order chi connectivity index (χ0) is 28.8. The van der Waals surface area contributed by atoms with Crippen molar-refractivity contribution in [3.63, 3.8) is 0 Å². The maximum absolute atomic E-state index is 13.0. The standard InChI is InChI=1S/C23H27ClF3N5O5S/c1-13-18(38(36,37)12-19(33)32(22(29)30)10-2-3-16(28)21(34)35)9-8-17(20(13)24)31-11-14-4-6-15(7-5-14)23(25,26)27/h4-9,16,31H,2-3,10-12,28H2,1H3,(H3,29,30)(H,34,35). The van der Waals surface area contributed by atoms with Crippen molar-refractivity contribution in [2.24, 2.45) is 11.5 Å². The molecule has 0 aliphatic carbocycles. The van der Waals surface area contributed by atoms with Gasteiger partial charge in [0.2, 0.25) is 5.91 Å². The molecule has 0 radical (unpaired) electrons. The fourth-order valence-electron chi connectivity index (χ4n) is 3.44. The number of nitrogens with two attached hydrogens (primary N) is 2. The molecule has 0 aliphatic rings. The second-order valence-electron chi connectivity index (χ2n) is 8.38. The zero-order valence-corrected chi connectivity index (χ0v) is 21.8. The van der Waals surface area contributed by atoms with Crippen LogP contribution in [0.3, 0.4) is 0 Å². The van der Waals surface area contributed by atoms with Crippen molar-refractivity contribution in [2.45, 2.75) is 43.4 Å². The van der Waals surface area contributed by atoms with E-state index in [0.717, 1.165) is 17.0 Å². The largest absolute Gasteiger partial charge is 0.480 e. The number of guanidine groups is 1. The minimum Gasteiger partial charge on any atom is -0.480 e. The highest BCUT2D eigenvalue weighted by molar-refractivity contribution is 7.92. The molecule has 2 aromatic carbocycles. The van der Waals surface area contributed by atoms with Crippen LogP contribution >= 0.6 is 11.6 Å². The van der Waals surface area contributed by atoms with Crippen LogP contribution in [-0.4, -0.2) is 54.6 Å². The molecule has 2 rings (SSSR count). The number of nitrogens with one attached hydrogen (secondary N) is 2. The van der Waals surface area contributed by atoms with Crippen LogP contribution in [0.15, 0.2) is 41.3 Å². The predicted octanol–water partition coefficient (Wildman–Crippen LogP) is 2.97. The highest BCUT2D eigenvalue weighted by atomic mass is 35.5. The van der Waals surface area contributed by atoms with Gasteiger partial charge in [-0.15, -0.1) is 0 Å². The van der Waals surface area contributed by atoms with Crippen LogP contribution in [0.25, 0.3) is 0 Å². The van der Waals surface area contributed by atoms with E-state index in [1.165, 1.54) is 31.2 Å². The summed E-state index contributed by atoms with van der Waals surface area (Å²) in [6.07, 6.45) is -4.40. The summed E-state index contributed by atoms with van der Waals surface area (Å²) in [5.74, 6) is -3.95. The highest BCUT2D eigenvalue weighted by Gasteiger charge is 2.30. The van der Waals surface area contributed by atoms with Gasteiger partial charge in [-0.05, 0) is 55.2 Å². The maximum atomic E-state index is 13.0. The summed E-state index contributed by atoms with van der Waals surface area (Å²) in [5, 5.41) is 19.4. The number of carboxylic acid groups (broad SMARTS) is 1. The Morgan fingerprint density at radius 2 is 1.79 bits per heavy atom. The SMILES string of the molecule is Cc1c(S(=O)(=O)CC(=O)N(CCCC(N)C(=O)O)C(=N)N)ccc(NCc2ccc(C(F)(F)F)cc2)c1Cl. The van der Waals surface area contributed by atoms with Crippen molar-refractivity contribution in [1.82, 2.24) is 4.90 Å². The van der Waals surface area contributed by atoms with Gasteiger partial charge in [-0.25, -0.2) is 8.42 Å². The molecule has 0 aliphatic heterocycles. The Morgan fingerprint density at radius 1 is 1.18 bits per heavy atom. The van der Waals surface area contributed by atoms with E-state index in [1.54, 1.807) is 0 Å². The lowest BCUT2D eigenvalue weighted by molar-refractivity contribution is -0.139. The molecule has 0 fully saturated rings. The molecule has 208 valence electrons. The number of rotatable bonds is 11. The summed E-state index contributed by atoms with van der Waals surface area (Å²) in [6.45, 7) is 1.34. The summed E-state index contributed by atoms with van der Waals surface area (Å²) in [6, 6.07) is 5.92. The molecule has 1 amide bonds. The second kappa shape index (κ2) is 12.5. The minimum atomic E-state index is -4.45. The lowest BCUT2D eigenvalue weighted by Gasteiger charge is -2.21. The molecule has 0 bridgehead atoms. The zero-order valence-electron chi connectivity index (χ0n) is 20.2. The molecule has 10 nitrogen and oxygen atoms in total. The van der Waals surface area contributed by atoms with E-state index >= 15 is 0 Å². The number of carbonyl (C=O) groups excluding carboxylic acids is 1. The fraction of sp³-hybridized carbons (Fsp3) is 0.348. The molecule has 1 atom stereocenters. The molecule has 7 N–H and O–H groups in total. The van der Waals surface area contributed by atoms with Gasteiger partial charge in [0.15, 0.2) is 15.8 Å². The summed E-state index contributed by atoms with van der Waals surface area (Å²) >= 11 is 6.34. The first kappa shape index (κ1) is 30.9. The fourth-order valence-corrected chi connectivity index (χ4v) is 5.21. The van der Waals surface area contributed by atoms with E-state index in [2.05, 4.69) is 5.32 Å². The molecule has 38 heavy (non-hydrogen) atoms. The van der Waals surface area contributed by atoms with Crippen molar-refractivity contribution in [2.75, 3.05) is 17.6 Å². The number of amides is 1. The van der Waals surface area contributed by atoms with E-state index in [4.69, 9.17) is 33.6 Å². The molecular formula is C23H27ClF3N5O5S. The third-order valence-electron chi connectivity index (χ3n) is 5.56. The second-order valence-corrected chi connectivity index (χ2v) is 10.7. The van der Waals surface area contributed by atoms with Crippen LogP contribution in [0, 0.1) is 12.3 Å². The number of hydrogen-bond donors (Lipinski definition) is 5. The van der Waals surface area contributed by atoms with Crippen molar-refractivity contribution >= 4 is 45.0 Å². The Morgan fingerprint density at radius 3 is 2.32 bits per heavy atom. The van der Waals surface area contributed by atoms with Crippen LogP contribution in [0.4, 0.5) is 18.9 Å². The predicted molar refractivity (Wildman–Crippen MR) is 135 cm³/mol. The van der Waals surface area contributed by atoms with E-state index < -0.39 is 51.2 Å². The van der Waals surface area contributed by atoms with Crippen LogP contribution < -0.4 is 16.8 Å². The number of benzene rings is 2. The summed E-state index contributed by atoms with van der Waals surface area (Å²) < 4.78 is 64.2. The Balaban J connectivity index is 2.12. The van der Waals surface area contributed by atoms with E-state index in [1.807, 2.05) is 0 Å². The van der Waals surface area contributed by atoms with Gasteiger partial charge in [0.05, 0.1) is 21.2 Å². The van der Waals surface area contributed by atoms with E-state index in [-0.39, 0.29) is 41.4 Å². The normalized spacial score (nSPS) is 12.6. The van der Waals surface area contributed by atoms with E-state index in [9.17, 15) is 31.2 Å². The summed E-state index contributed by atoms with van der Waals surface area (Å²) in [4.78, 5) is 24.0. The molecular weight excluding hydrogens is 551 g/mol. The molecule has 15 heteroatoms. The molecule has 1 unspecified atom stereocenters. The molecule has 2 aromatic rings. The van der Waals surface area contributed by atoms with Crippen molar-refractivity contribution in [3.05, 3.63) is 58.1 Å². The first-order valence-electron chi connectivity index (χ1n) is 11.1. The molecule has 0 aromatic heterocycles. The van der Waals surface area contributed by atoms with Crippen LogP contribution in [0.5, 0.6) is 0 Å². The van der Waals surface area contributed by atoms with Gasteiger partial charge in [-0.2, -0.15) is 13.2 Å². The lowest BCUT2D eigenvalue weighted by atomic mass is 10.1. The Bertz CT molecular complexity index is 1300. The van der Waals surface area contributed by atoms with Gasteiger partial charge in [-0.1, -0.05) is 23.7 Å². The van der Waals surface area contributed by atoms with Crippen molar-refractivity contribution in [1.29, 1.82) is 5.41 Å². The number of halogens is 4. The van der Waals surface area contributed by atoms with Gasteiger partial charge in [0.1, 0.15) is 11.8 Å². The molecule has 0 heterocycles. The number of aliphatic carboxylic acids is 1. The van der Waals surface area contributed by atoms with Crippen LogP contribution in [0.1, 0.15) is 29.5 Å². The monoisotopic (exact) mass is 577 g/mol. The van der Waals surface area contributed by atoms with Gasteiger partial charge in [-0.3, -0.25) is 19.9 Å². The first-order valence-corrected chi connectivity index (χ1v) is 13.1. The third kappa shape index (κ3) is 8.07. The first-order chi connectivity index (χ1) is 17.5. The van der Waals surface area contributed by atoms with Crippen molar-refractivity contribution in [3.8, 4) is 0 Å². The number of carboxylic acids is 1. The van der Waals surface area contributed by atoms with Crippen LogP contribution in [0.2, 0.25) is 5.02 Å². The molecule has 0 spiro atoms. The Kier molecular flexibility index (Phi) is 10.1. The quantitative estimate of drug-likeness (QED) is 0.200. The van der Waals surface area contributed by atoms with Gasteiger partial charge >= 0.3 is 12.1 Å². The minimum absolute atomic E-state index is 0.0191. The Labute approximate surface area is 222 Å². The number of nitrogens with zero attached hydrogens (tertiary/aromatic N) is 1. The number of alkyl halides is 3. The summed E-state index contributed by atoms with van der Waals surface area (Å²) in [5.41, 5.74) is 11.0. The van der Waals surface area contributed by atoms with Crippen LogP contribution in [-0.2, 0) is 32.1 Å². The summed E-state index contributed by atoms with van der Waals surface area (Å²) in [7, 11) is -4.23. The number of anilines is 1. The number of carbonyl (C=O) groups is 2. The average Bonchev–Trinajstić information content (AvgIpc) is 2.81. The third-order valence-corrected chi connectivity index (χ3v) is 7.78.